The highest BCUT2D eigenvalue weighted by atomic mass is 32.2. The number of carbonyl (C=O) groups excluding carboxylic acids is 1. The summed E-state index contributed by atoms with van der Waals surface area (Å²) in [6.07, 6.45) is 0. The summed E-state index contributed by atoms with van der Waals surface area (Å²) >= 11 is 2.95. The first kappa shape index (κ1) is 21.5. The Hall–Kier alpha value is -2.70. The molecule has 0 aliphatic carbocycles. The van der Waals surface area contributed by atoms with E-state index >= 15 is 0 Å². The van der Waals surface area contributed by atoms with Crippen molar-refractivity contribution in [3.05, 3.63) is 89.7 Å². The van der Waals surface area contributed by atoms with Crippen molar-refractivity contribution in [1.29, 1.82) is 0 Å². The van der Waals surface area contributed by atoms with Gasteiger partial charge in [-0.25, -0.2) is 9.37 Å². The standard InChI is InChI=1S/C25H23FN2OS2/c1-17(2)21-9-6-10-22-24(21)27-25(31-22)28(15-18-7-4-3-5-8-18)23(29)16-30-20-13-11-19(26)12-14-20/h3-14,17H,15-16H2,1-2H3. The van der Waals surface area contributed by atoms with Gasteiger partial charge in [-0.3, -0.25) is 9.69 Å². The number of aromatic nitrogens is 1. The molecule has 0 fully saturated rings. The molecule has 6 heteroatoms. The molecule has 0 aliphatic rings. The molecule has 0 bridgehead atoms. The van der Waals surface area contributed by atoms with Crippen LogP contribution in [0.15, 0.2) is 77.7 Å². The van der Waals surface area contributed by atoms with Gasteiger partial charge >= 0.3 is 0 Å². The summed E-state index contributed by atoms with van der Waals surface area (Å²) in [5.74, 6) is 0.303. The van der Waals surface area contributed by atoms with Crippen LogP contribution in [0.2, 0.25) is 0 Å². The molecular weight excluding hydrogens is 427 g/mol. The molecule has 0 spiro atoms. The quantitative estimate of drug-likeness (QED) is 0.288. The van der Waals surface area contributed by atoms with E-state index in [1.165, 1.54) is 29.5 Å². The van der Waals surface area contributed by atoms with Crippen LogP contribution in [0.5, 0.6) is 0 Å². The zero-order valence-corrected chi connectivity index (χ0v) is 19.0. The maximum atomic E-state index is 13.3. The van der Waals surface area contributed by atoms with Crippen LogP contribution in [0.1, 0.15) is 30.9 Å². The lowest BCUT2D eigenvalue weighted by Crippen LogP contribution is -2.31. The van der Waals surface area contributed by atoms with E-state index in [2.05, 4.69) is 26.0 Å². The molecule has 0 aliphatic heterocycles. The summed E-state index contributed by atoms with van der Waals surface area (Å²) in [7, 11) is 0. The average Bonchev–Trinajstić information content (AvgIpc) is 3.21. The molecule has 158 valence electrons. The number of halogens is 1. The summed E-state index contributed by atoms with van der Waals surface area (Å²) in [5.41, 5.74) is 3.20. The molecule has 4 rings (SSSR count). The fourth-order valence-electron chi connectivity index (χ4n) is 3.32. The molecule has 0 atom stereocenters. The van der Waals surface area contributed by atoms with Crippen molar-refractivity contribution >= 4 is 44.4 Å². The fraction of sp³-hybridized carbons (Fsp3) is 0.200. The van der Waals surface area contributed by atoms with Gasteiger partial charge in [-0.05, 0) is 47.4 Å². The van der Waals surface area contributed by atoms with Crippen LogP contribution in [0, 0.1) is 5.82 Å². The van der Waals surface area contributed by atoms with Gasteiger partial charge in [-0.1, -0.05) is 67.6 Å². The second kappa shape index (κ2) is 9.62. The maximum Gasteiger partial charge on any atom is 0.239 e. The molecule has 1 aromatic heterocycles. The van der Waals surface area contributed by atoms with Crippen molar-refractivity contribution in [3.63, 3.8) is 0 Å². The van der Waals surface area contributed by atoms with E-state index in [0.29, 0.717) is 17.6 Å². The summed E-state index contributed by atoms with van der Waals surface area (Å²) in [5, 5.41) is 0.705. The Kier molecular flexibility index (Phi) is 6.68. The number of carbonyl (C=O) groups is 1. The molecule has 31 heavy (non-hydrogen) atoms. The van der Waals surface area contributed by atoms with Crippen molar-refractivity contribution in [2.45, 2.75) is 31.2 Å². The minimum absolute atomic E-state index is 0.0247. The zero-order chi connectivity index (χ0) is 21.8. The van der Waals surface area contributed by atoms with Gasteiger partial charge in [0.05, 0.1) is 22.5 Å². The van der Waals surface area contributed by atoms with Crippen LogP contribution in [-0.4, -0.2) is 16.6 Å². The Morgan fingerprint density at radius 3 is 2.48 bits per heavy atom. The molecule has 3 aromatic carbocycles. The van der Waals surface area contributed by atoms with Crippen LogP contribution in [0.25, 0.3) is 10.2 Å². The molecule has 0 radical (unpaired) electrons. The molecule has 4 aromatic rings. The van der Waals surface area contributed by atoms with Gasteiger partial charge in [0.15, 0.2) is 5.13 Å². The molecule has 0 saturated carbocycles. The van der Waals surface area contributed by atoms with Gasteiger partial charge in [0.25, 0.3) is 0 Å². The van der Waals surface area contributed by atoms with Crippen molar-refractivity contribution in [3.8, 4) is 0 Å². The van der Waals surface area contributed by atoms with Gasteiger partial charge in [0.1, 0.15) is 5.82 Å². The summed E-state index contributed by atoms with van der Waals surface area (Å²) < 4.78 is 14.3. The lowest BCUT2D eigenvalue weighted by molar-refractivity contribution is -0.116. The van der Waals surface area contributed by atoms with Gasteiger partial charge < -0.3 is 0 Å². The Morgan fingerprint density at radius 1 is 1.03 bits per heavy atom. The fourth-order valence-corrected chi connectivity index (χ4v) is 5.11. The van der Waals surface area contributed by atoms with Crippen molar-refractivity contribution in [2.24, 2.45) is 0 Å². The van der Waals surface area contributed by atoms with Crippen LogP contribution in [0.4, 0.5) is 9.52 Å². The van der Waals surface area contributed by atoms with Gasteiger partial charge in [-0.2, -0.15) is 0 Å². The van der Waals surface area contributed by atoms with Gasteiger partial charge in [-0.15, -0.1) is 11.8 Å². The molecule has 0 saturated heterocycles. The Bertz CT molecular complexity index is 1170. The van der Waals surface area contributed by atoms with Crippen molar-refractivity contribution in [1.82, 2.24) is 4.98 Å². The average molecular weight is 451 g/mol. The Balaban J connectivity index is 1.64. The monoisotopic (exact) mass is 450 g/mol. The molecule has 3 nitrogen and oxygen atoms in total. The number of amides is 1. The van der Waals surface area contributed by atoms with Crippen LogP contribution in [0.3, 0.4) is 0 Å². The molecular formula is C25H23FN2OS2. The molecule has 1 amide bonds. The molecule has 1 heterocycles. The first-order valence-corrected chi connectivity index (χ1v) is 11.9. The highest BCUT2D eigenvalue weighted by Crippen LogP contribution is 2.34. The Morgan fingerprint density at radius 2 is 1.77 bits per heavy atom. The van der Waals surface area contributed by atoms with E-state index in [9.17, 15) is 9.18 Å². The zero-order valence-electron chi connectivity index (χ0n) is 17.4. The largest absolute Gasteiger partial charge is 0.283 e. The van der Waals surface area contributed by atoms with Crippen LogP contribution >= 0.6 is 23.1 Å². The normalized spacial score (nSPS) is 11.2. The topological polar surface area (TPSA) is 33.2 Å². The van der Waals surface area contributed by atoms with Gasteiger partial charge in [0.2, 0.25) is 5.91 Å². The third kappa shape index (κ3) is 5.14. The number of fused-ring (bicyclic) bond motifs is 1. The number of anilines is 1. The third-order valence-corrected chi connectivity index (χ3v) is 6.99. The minimum Gasteiger partial charge on any atom is -0.283 e. The number of nitrogens with zero attached hydrogens (tertiary/aromatic N) is 2. The summed E-state index contributed by atoms with van der Waals surface area (Å²) in [6.45, 7) is 4.76. The lowest BCUT2D eigenvalue weighted by atomic mass is 10.0. The number of benzene rings is 3. The van der Waals surface area contributed by atoms with E-state index in [-0.39, 0.29) is 17.5 Å². The van der Waals surface area contributed by atoms with Crippen molar-refractivity contribution < 1.29 is 9.18 Å². The number of thioether (sulfide) groups is 1. The van der Waals surface area contributed by atoms with Gasteiger partial charge in [0, 0.05) is 4.90 Å². The van der Waals surface area contributed by atoms with E-state index in [1.807, 2.05) is 36.4 Å². The van der Waals surface area contributed by atoms with E-state index in [0.717, 1.165) is 20.7 Å². The summed E-state index contributed by atoms with van der Waals surface area (Å²) in [6, 6.07) is 22.4. The second-order valence-electron chi connectivity index (χ2n) is 7.55. The molecule has 0 unspecified atom stereocenters. The number of hydrogen-bond acceptors (Lipinski definition) is 4. The van der Waals surface area contributed by atoms with E-state index < -0.39 is 0 Å². The predicted molar refractivity (Wildman–Crippen MR) is 128 cm³/mol. The van der Waals surface area contributed by atoms with Crippen molar-refractivity contribution in [2.75, 3.05) is 10.7 Å². The van der Waals surface area contributed by atoms with E-state index in [1.54, 1.807) is 28.4 Å². The highest BCUT2D eigenvalue weighted by Gasteiger charge is 2.21. The lowest BCUT2D eigenvalue weighted by Gasteiger charge is -2.20. The predicted octanol–water partition coefficient (Wildman–Crippen LogP) is 6.88. The first-order valence-electron chi connectivity index (χ1n) is 10.1. The van der Waals surface area contributed by atoms with Crippen LogP contribution in [-0.2, 0) is 11.3 Å². The number of rotatable bonds is 7. The number of hydrogen-bond donors (Lipinski definition) is 0. The smallest absolute Gasteiger partial charge is 0.239 e. The number of para-hydroxylation sites is 1. The van der Waals surface area contributed by atoms with Crippen LogP contribution < -0.4 is 4.90 Å². The maximum absolute atomic E-state index is 13.3. The SMILES string of the molecule is CC(C)c1cccc2sc(N(Cc3ccccc3)C(=O)CSc3ccc(F)cc3)nc12. The minimum atomic E-state index is -0.281. The third-order valence-electron chi connectivity index (χ3n) is 4.95. The summed E-state index contributed by atoms with van der Waals surface area (Å²) in [4.78, 5) is 20.8. The Labute approximate surface area is 189 Å². The number of thiazole rings is 1. The van der Waals surface area contributed by atoms with E-state index in [4.69, 9.17) is 4.98 Å². The highest BCUT2D eigenvalue weighted by molar-refractivity contribution is 8.00. The molecule has 0 N–H and O–H groups in total. The first-order chi connectivity index (χ1) is 15.0. The second-order valence-corrected chi connectivity index (χ2v) is 9.61.